The molecule has 0 aromatic carbocycles. The first-order chi connectivity index (χ1) is 6.56. The molecule has 80 valence electrons. The van der Waals surface area contributed by atoms with Gasteiger partial charge in [-0.1, -0.05) is 6.92 Å². The summed E-state index contributed by atoms with van der Waals surface area (Å²) in [6.45, 7) is 3.46. The Hall–Kier alpha value is -1.10. The number of hydrogen-bond acceptors (Lipinski definition) is 4. The number of amides is 1. The summed E-state index contributed by atoms with van der Waals surface area (Å²) in [6.07, 6.45) is 0.0439. The van der Waals surface area contributed by atoms with Crippen molar-refractivity contribution in [2.45, 2.75) is 26.5 Å². The number of carbonyl (C=O) groups excluding carboxylic acids is 2. The van der Waals surface area contributed by atoms with Gasteiger partial charge in [-0.2, -0.15) is 0 Å². The molecule has 1 aliphatic heterocycles. The Balaban J connectivity index is 2.70. The highest BCUT2D eigenvalue weighted by Crippen LogP contribution is 2.35. The zero-order valence-electron chi connectivity index (χ0n) is 8.62. The van der Waals surface area contributed by atoms with Gasteiger partial charge >= 0.3 is 5.97 Å². The van der Waals surface area contributed by atoms with Crippen LogP contribution in [0.25, 0.3) is 0 Å². The summed E-state index contributed by atoms with van der Waals surface area (Å²) in [5.41, 5.74) is -0.694. The van der Waals surface area contributed by atoms with Gasteiger partial charge in [0.05, 0.1) is 6.61 Å². The predicted octanol–water partition coefficient (Wildman–Crippen LogP) is 0.0482. The number of ether oxygens (including phenoxy) is 2. The summed E-state index contributed by atoms with van der Waals surface area (Å²) >= 11 is 0. The minimum absolute atomic E-state index is 0.117. The zero-order chi connectivity index (χ0) is 10.8. The van der Waals surface area contributed by atoms with Crippen molar-refractivity contribution in [2.24, 2.45) is 5.41 Å². The predicted molar refractivity (Wildman–Crippen MR) is 48.3 cm³/mol. The number of carbonyl (C=O) groups is 2. The zero-order valence-corrected chi connectivity index (χ0v) is 8.62. The lowest BCUT2D eigenvalue weighted by Gasteiger charge is -2.46. The second-order valence-corrected chi connectivity index (χ2v) is 3.41. The fourth-order valence-electron chi connectivity index (χ4n) is 1.60. The van der Waals surface area contributed by atoms with Crippen molar-refractivity contribution in [1.82, 2.24) is 5.32 Å². The molecule has 0 saturated carbocycles. The van der Waals surface area contributed by atoms with Crippen molar-refractivity contribution in [3.8, 4) is 0 Å². The molecule has 5 heteroatoms. The number of nitrogens with one attached hydrogen (secondary N) is 1. The van der Waals surface area contributed by atoms with Crippen LogP contribution in [0.3, 0.4) is 0 Å². The molecule has 14 heavy (non-hydrogen) atoms. The summed E-state index contributed by atoms with van der Waals surface area (Å²) < 4.78 is 9.94. The van der Waals surface area contributed by atoms with Gasteiger partial charge in [-0.15, -0.1) is 0 Å². The Morgan fingerprint density at radius 2 is 2.29 bits per heavy atom. The van der Waals surface area contributed by atoms with Gasteiger partial charge in [-0.3, -0.25) is 9.59 Å². The molecule has 0 aromatic heterocycles. The Bertz CT molecular complexity index is 253. The van der Waals surface area contributed by atoms with Crippen LogP contribution in [0.4, 0.5) is 0 Å². The van der Waals surface area contributed by atoms with E-state index in [0.717, 1.165) is 0 Å². The van der Waals surface area contributed by atoms with Crippen LogP contribution >= 0.6 is 0 Å². The lowest BCUT2D eigenvalue weighted by atomic mass is 9.76. The molecule has 5 nitrogen and oxygen atoms in total. The molecule has 2 atom stereocenters. The average molecular weight is 201 g/mol. The Morgan fingerprint density at radius 3 is 2.64 bits per heavy atom. The highest BCUT2D eigenvalue weighted by molar-refractivity contribution is 5.90. The largest absolute Gasteiger partial charge is 0.441 e. The topological polar surface area (TPSA) is 64.6 Å². The summed E-state index contributed by atoms with van der Waals surface area (Å²) in [5, 5.41) is 2.54. The number of methoxy groups -OCH3 is 1. The molecule has 0 aliphatic carbocycles. The Kier molecular flexibility index (Phi) is 3.10. The molecule has 1 saturated heterocycles. The Morgan fingerprint density at radius 1 is 1.64 bits per heavy atom. The lowest BCUT2D eigenvalue weighted by Crippen LogP contribution is -2.70. The molecule has 1 amide bonds. The highest BCUT2D eigenvalue weighted by atomic mass is 16.6. The van der Waals surface area contributed by atoms with Crippen molar-refractivity contribution in [3.63, 3.8) is 0 Å². The summed E-state index contributed by atoms with van der Waals surface area (Å²) in [4.78, 5) is 22.1. The Labute approximate surface area is 82.8 Å². The van der Waals surface area contributed by atoms with Crippen LogP contribution in [0.5, 0.6) is 0 Å². The molecule has 0 spiro atoms. The summed E-state index contributed by atoms with van der Waals surface area (Å²) in [7, 11) is 1.52. The maximum absolute atomic E-state index is 11.4. The second kappa shape index (κ2) is 3.96. The van der Waals surface area contributed by atoms with Gasteiger partial charge in [-0.25, -0.2) is 0 Å². The normalized spacial score (nSPS) is 30.5. The molecule has 0 radical (unpaired) electrons. The van der Waals surface area contributed by atoms with Gasteiger partial charge in [0.1, 0.15) is 5.41 Å². The minimum atomic E-state index is -0.694. The second-order valence-electron chi connectivity index (χ2n) is 3.41. The molecule has 1 unspecified atom stereocenters. The van der Waals surface area contributed by atoms with Crippen LogP contribution in [-0.4, -0.2) is 31.8 Å². The third-order valence-corrected chi connectivity index (χ3v) is 2.53. The quantitative estimate of drug-likeness (QED) is 0.515. The van der Waals surface area contributed by atoms with E-state index in [0.29, 0.717) is 6.42 Å². The van der Waals surface area contributed by atoms with Gasteiger partial charge in [0.25, 0.3) is 0 Å². The van der Waals surface area contributed by atoms with Crippen LogP contribution in [0.15, 0.2) is 0 Å². The molecule has 0 aromatic rings. The molecule has 1 fully saturated rings. The number of esters is 1. The maximum atomic E-state index is 11.4. The first kappa shape index (κ1) is 11.0. The van der Waals surface area contributed by atoms with Crippen molar-refractivity contribution >= 4 is 11.9 Å². The summed E-state index contributed by atoms with van der Waals surface area (Å²) in [5.74, 6) is -0.517. The maximum Gasteiger partial charge on any atom is 0.304 e. The van der Waals surface area contributed by atoms with E-state index in [1.807, 2.05) is 6.92 Å². The molecule has 1 aliphatic rings. The molecule has 1 N–H and O–H groups in total. The van der Waals surface area contributed by atoms with Crippen LogP contribution < -0.4 is 5.32 Å². The van der Waals surface area contributed by atoms with Crippen molar-refractivity contribution in [2.75, 3.05) is 13.7 Å². The number of rotatable bonds is 4. The third kappa shape index (κ3) is 1.59. The molecular weight excluding hydrogens is 186 g/mol. The van der Waals surface area contributed by atoms with Gasteiger partial charge in [0.15, 0.2) is 6.23 Å². The lowest BCUT2D eigenvalue weighted by molar-refractivity contribution is -0.189. The van der Waals surface area contributed by atoms with Crippen molar-refractivity contribution in [1.29, 1.82) is 0 Å². The van der Waals surface area contributed by atoms with Crippen LogP contribution in [0.1, 0.15) is 20.3 Å². The van der Waals surface area contributed by atoms with Crippen molar-refractivity contribution in [3.05, 3.63) is 0 Å². The van der Waals surface area contributed by atoms with E-state index < -0.39 is 17.6 Å². The van der Waals surface area contributed by atoms with E-state index >= 15 is 0 Å². The van der Waals surface area contributed by atoms with E-state index in [-0.39, 0.29) is 12.5 Å². The fraction of sp³-hybridized carbons (Fsp3) is 0.778. The number of hydrogen-bond donors (Lipinski definition) is 1. The smallest absolute Gasteiger partial charge is 0.304 e. The molecular formula is C9H15NO4. The molecule has 0 bridgehead atoms. The van der Waals surface area contributed by atoms with E-state index in [1.165, 1.54) is 14.0 Å². The molecule has 1 heterocycles. The first-order valence-electron chi connectivity index (χ1n) is 4.54. The van der Waals surface area contributed by atoms with Gasteiger partial charge in [-0.05, 0) is 6.42 Å². The monoisotopic (exact) mass is 201 g/mol. The minimum Gasteiger partial charge on any atom is -0.441 e. The van der Waals surface area contributed by atoms with Gasteiger partial charge < -0.3 is 14.8 Å². The fourth-order valence-corrected chi connectivity index (χ4v) is 1.60. The third-order valence-electron chi connectivity index (χ3n) is 2.53. The van der Waals surface area contributed by atoms with E-state index in [9.17, 15) is 9.59 Å². The van der Waals surface area contributed by atoms with Gasteiger partial charge in [0.2, 0.25) is 5.91 Å². The van der Waals surface area contributed by atoms with Crippen LogP contribution in [-0.2, 0) is 19.1 Å². The van der Waals surface area contributed by atoms with E-state index in [1.54, 1.807) is 0 Å². The van der Waals surface area contributed by atoms with Crippen LogP contribution in [0, 0.1) is 5.41 Å². The first-order valence-corrected chi connectivity index (χ1v) is 4.54. The number of β-lactam (4-membered cyclic amide) rings is 1. The SMILES string of the molecule is CC[C@@]1(COC)C(=O)NC1OC(C)=O. The van der Waals surface area contributed by atoms with E-state index in [4.69, 9.17) is 9.47 Å². The summed E-state index contributed by atoms with van der Waals surface area (Å²) in [6, 6.07) is 0. The average Bonchev–Trinajstić information content (AvgIpc) is 2.12. The standard InChI is InChI=1S/C9H15NO4/c1-4-9(5-13-3)7(12)10-8(9)14-6(2)11/h8H,4-5H2,1-3H3,(H,10,12)/t8?,9-/m1/s1. The molecule has 1 rings (SSSR count). The highest BCUT2D eigenvalue weighted by Gasteiger charge is 2.56. The van der Waals surface area contributed by atoms with Crippen molar-refractivity contribution < 1.29 is 19.1 Å². The van der Waals surface area contributed by atoms with Crippen LogP contribution in [0.2, 0.25) is 0 Å². The van der Waals surface area contributed by atoms with E-state index in [2.05, 4.69) is 5.32 Å². The van der Waals surface area contributed by atoms with Gasteiger partial charge in [0, 0.05) is 14.0 Å².